The van der Waals surface area contributed by atoms with E-state index in [9.17, 15) is 0 Å². The molecular formula is C6H20N2Si2. The maximum Gasteiger partial charge on any atom is 0.188 e. The van der Waals surface area contributed by atoms with Crippen LogP contribution < -0.4 is 5.40 Å². The van der Waals surface area contributed by atoms with Gasteiger partial charge in [-0.25, -0.2) is 0 Å². The highest BCUT2D eigenvalue weighted by molar-refractivity contribution is 6.88. The summed E-state index contributed by atoms with van der Waals surface area (Å²) < 4.78 is 2.43. The Morgan fingerprint density at radius 3 is 1.30 bits per heavy atom. The first-order valence-electron chi connectivity index (χ1n) is 3.68. The zero-order chi connectivity index (χ0) is 8.58. The molecule has 0 rings (SSSR count). The van der Waals surface area contributed by atoms with E-state index in [-0.39, 0.29) is 0 Å². The highest BCUT2D eigenvalue weighted by Crippen LogP contribution is 2.12. The maximum absolute atomic E-state index is 6.06. The molecule has 0 saturated heterocycles. The summed E-state index contributed by atoms with van der Waals surface area (Å²) in [5.41, 5.74) is 0. The van der Waals surface area contributed by atoms with Gasteiger partial charge < -0.3 is 9.63 Å². The van der Waals surface area contributed by atoms with E-state index in [1.165, 1.54) is 0 Å². The van der Waals surface area contributed by atoms with Gasteiger partial charge in [-0.15, -0.1) is 0 Å². The summed E-state index contributed by atoms with van der Waals surface area (Å²) in [6.07, 6.45) is 0. The van der Waals surface area contributed by atoms with E-state index in [0.29, 0.717) is 0 Å². The fourth-order valence-electron chi connectivity index (χ4n) is 0.864. The topological polar surface area (TPSA) is 29.3 Å². The lowest BCUT2D eigenvalue weighted by molar-refractivity contribution is 0.751. The predicted molar refractivity (Wildman–Crippen MR) is 52.8 cm³/mol. The molecule has 2 nitrogen and oxygen atoms in total. The van der Waals surface area contributed by atoms with Crippen molar-refractivity contribution in [2.24, 2.45) is 5.40 Å². The molecule has 0 aliphatic rings. The third-order valence-corrected chi connectivity index (χ3v) is 9.35. The van der Waals surface area contributed by atoms with Crippen LogP contribution in [0.5, 0.6) is 0 Å². The van der Waals surface area contributed by atoms with Crippen molar-refractivity contribution < 1.29 is 0 Å². The molecule has 0 aliphatic carbocycles. The van der Waals surface area contributed by atoms with E-state index in [1.807, 2.05) is 0 Å². The minimum Gasteiger partial charge on any atom is -0.339 e. The summed E-state index contributed by atoms with van der Waals surface area (Å²) >= 11 is 0. The monoisotopic (exact) mass is 176 g/mol. The van der Waals surface area contributed by atoms with Crippen LogP contribution in [0.25, 0.3) is 0 Å². The van der Waals surface area contributed by atoms with Gasteiger partial charge in [-0.3, -0.25) is 0 Å². The fourth-order valence-corrected chi connectivity index (χ4v) is 7.78. The van der Waals surface area contributed by atoms with Crippen LogP contribution in [0.15, 0.2) is 0 Å². The van der Waals surface area contributed by atoms with Crippen molar-refractivity contribution in [3.05, 3.63) is 0 Å². The van der Waals surface area contributed by atoms with Crippen LogP contribution in [0, 0.1) is 0 Å². The Bertz CT molecular complexity index is 97.9. The van der Waals surface area contributed by atoms with Crippen LogP contribution >= 0.6 is 0 Å². The number of hydrogen-bond donors (Lipinski definition) is 1. The Kier molecular flexibility index (Phi) is 2.87. The Morgan fingerprint density at radius 2 is 1.30 bits per heavy atom. The van der Waals surface area contributed by atoms with Gasteiger partial charge in [0.15, 0.2) is 8.40 Å². The standard InChI is InChI=1S/C6H20N2Si2/c1-8(9(2,3)4)10(5,6)7/h7H2,1-6H3. The van der Waals surface area contributed by atoms with Crippen molar-refractivity contribution >= 4 is 16.6 Å². The van der Waals surface area contributed by atoms with Crippen molar-refractivity contribution in [2.75, 3.05) is 7.05 Å². The highest BCUT2D eigenvalue weighted by Gasteiger charge is 2.31. The first-order chi connectivity index (χ1) is 4.15. The second kappa shape index (κ2) is 2.77. The fraction of sp³-hybridized carbons (Fsp3) is 1.00. The van der Waals surface area contributed by atoms with Gasteiger partial charge in [-0.2, -0.15) is 0 Å². The second-order valence-electron chi connectivity index (χ2n) is 4.38. The van der Waals surface area contributed by atoms with E-state index in [0.717, 1.165) is 0 Å². The molecule has 0 aromatic heterocycles. The molecule has 0 aliphatic heterocycles. The van der Waals surface area contributed by atoms with Gasteiger partial charge in [0.05, 0.1) is 0 Å². The predicted octanol–water partition coefficient (Wildman–Crippen LogP) is 1.41. The lowest BCUT2D eigenvalue weighted by atomic mass is 11.6. The van der Waals surface area contributed by atoms with Gasteiger partial charge in [0.2, 0.25) is 0 Å². The summed E-state index contributed by atoms with van der Waals surface area (Å²) in [4.78, 5) is 0. The van der Waals surface area contributed by atoms with Crippen molar-refractivity contribution in [3.63, 3.8) is 0 Å². The summed E-state index contributed by atoms with van der Waals surface area (Å²) in [6.45, 7) is 11.4. The maximum atomic E-state index is 6.06. The number of nitrogens with two attached hydrogens (primary N) is 1. The molecule has 2 N–H and O–H groups in total. The van der Waals surface area contributed by atoms with Crippen molar-refractivity contribution in [1.82, 2.24) is 4.23 Å². The molecule has 0 saturated carbocycles. The Balaban J connectivity index is 4.23. The van der Waals surface area contributed by atoms with Gasteiger partial charge in [0.25, 0.3) is 0 Å². The van der Waals surface area contributed by atoms with E-state index < -0.39 is 16.6 Å². The molecule has 0 unspecified atom stereocenters. The summed E-state index contributed by atoms with van der Waals surface area (Å²) in [6, 6.07) is 0. The zero-order valence-corrected chi connectivity index (χ0v) is 10.0. The Hall–Kier alpha value is 0.354. The van der Waals surface area contributed by atoms with Crippen LogP contribution in [0.1, 0.15) is 0 Å². The lowest BCUT2D eigenvalue weighted by Crippen LogP contribution is -2.63. The molecule has 0 radical (unpaired) electrons. The summed E-state index contributed by atoms with van der Waals surface area (Å²) in [5.74, 6) is 0. The third-order valence-electron chi connectivity index (χ3n) is 1.87. The minimum absolute atomic E-state index is 1.13. The van der Waals surface area contributed by atoms with Gasteiger partial charge in [0, 0.05) is 0 Å². The van der Waals surface area contributed by atoms with Gasteiger partial charge in [-0.1, -0.05) is 19.6 Å². The molecule has 0 heterocycles. The molecule has 0 atom stereocenters. The SMILES string of the molecule is CN([Si](C)(C)C)[Si](C)(C)N. The highest BCUT2D eigenvalue weighted by atomic mass is 28.4. The molecule has 4 heteroatoms. The molecule has 0 amide bonds. The largest absolute Gasteiger partial charge is 0.339 e. The molecule has 0 spiro atoms. The molecule has 62 valence electrons. The molecular weight excluding hydrogens is 156 g/mol. The van der Waals surface area contributed by atoms with Crippen LogP contribution in [-0.4, -0.2) is 27.9 Å². The first-order valence-corrected chi connectivity index (χ1v) is 10.2. The van der Waals surface area contributed by atoms with Crippen LogP contribution in [0.2, 0.25) is 32.7 Å². The van der Waals surface area contributed by atoms with E-state index in [1.54, 1.807) is 0 Å². The zero-order valence-electron chi connectivity index (χ0n) is 8.02. The summed E-state index contributed by atoms with van der Waals surface area (Å²) in [7, 11) is -0.462. The van der Waals surface area contributed by atoms with Gasteiger partial charge in [-0.05, 0) is 20.1 Å². The first kappa shape index (κ1) is 10.4. The van der Waals surface area contributed by atoms with Gasteiger partial charge in [0.1, 0.15) is 8.24 Å². The number of nitrogens with zero attached hydrogens (tertiary/aromatic N) is 1. The summed E-state index contributed by atoms with van der Waals surface area (Å²) in [5, 5.41) is 6.06. The normalized spacial score (nSPS) is 14.4. The van der Waals surface area contributed by atoms with Crippen LogP contribution in [0.3, 0.4) is 0 Å². The second-order valence-corrected chi connectivity index (χ2v) is 13.8. The van der Waals surface area contributed by atoms with E-state index in [2.05, 4.69) is 44.0 Å². The molecule has 0 aromatic carbocycles. The average Bonchev–Trinajstić information content (AvgIpc) is 1.59. The molecule has 0 aromatic rings. The van der Waals surface area contributed by atoms with Crippen molar-refractivity contribution in [2.45, 2.75) is 32.7 Å². The van der Waals surface area contributed by atoms with E-state index in [4.69, 9.17) is 5.40 Å². The number of hydrogen-bond acceptors (Lipinski definition) is 2. The molecule has 10 heavy (non-hydrogen) atoms. The minimum atomic E-state index is -1.50. The quantitative estimate of drug-likeness (QED) is 0.645. The molecule has 0 fully saturated rings. The lowest BCUT2D eigenvalue weighted by Gasteiger charge is -2.39. The van der Waals surface area contributed by atoms with Gasteiger partial charge >= 0.3 is 0 Å². The third kappa shape index (κ3) is 2.96. The van der Waals surface area contributed by atoms with Crippen molar-refractivity contribution in [1.29, 1.82) is 0 Å². The molecule has 0 bridgehead atoms. The van der Waals surface area contributed by atoms with Crippen LogP contribution in [0.4, 0.5) is 0 Å². The Labute approximate surface area is 66.7 Å². The van der Waals surface area contributed by atoms with E-state index >= 15 is 0 Å². The average molecular weight is 176 g/mol. The smallest absolute Gasteiger partial charge is 0.188 e. The van der Waals surface area contributed by atoms with Crippen LogP contribution in [-0.2, 0) is 0 Å². The number of rotatable bonds is 2. The van der Waals surface area contributed by atoms with Crippen molar-refractivity contribution in [3.8, 4) is 0 Å². The Morgan fingerprint density at radius 1 is 1.00 bits per heavy atom.